The molecule has 1 aromatic carbocycles. The van der Waals surface area contributed by atoms with E-state index in [1.165, 1.54) is 17.2 Å². The Morgan fingerprint density at radius 3 is 2.49 bits per heavy atom. The van der Waals surface area contributed by atoms with Crippen LogP contribution in [0.3, 0.4) is 0 Å². The first-order valence-corrected chi connectivity index (χ1v) is 20.2. The van der Waals surface area contributed by atoms with Gasteiger partial charge in [-0.15, -0.1) is 0 Å². The van der Waals surface area contributed by atoms with Crippen LogP contribution in [0.4, 0.5) is 22.0 Å². The number of benzene rings is 1. The molecule has 1 spiro atoms. The van der Waals surface area contributed by atoms with E-state index in [0.29, 0.717) is 28.3 Å². The molecule has 1 N–H and O–H groups in total. The van der Waals surface area contributed by atoms with Crippen molar-refractivity contribution in [2.75, 3.05) is 6.54 Å². The lowest BCUT2D eigenvalue weighted by molar-refractivity contribution is -0.141. The normalized spacial score (nSPS) is 19.7. The summed E-state index contributed by atoms with van der Waals surface area (Å²) in [6.07, 6.45) is 7.00. The monoisotopic (exact) mass is 862 g/mol. The summed E-state index contributed by atoms with van der Waals surface area (Å²) < 4.78 is 74.1. The number of imidazole rings is 1. The molecule has 13 nitrogen and oxygen atoms in total. The minimum atomic E-state index is -4.80. The molecule has 3 atom stereocenters. The highest BCUT2D eigenvalue weighted by Crippen LogP contribution is 2.66. The zero-order valence-electron chi connectivity index (χ0n) is 33.2. The van der Waals surface area contributed by atoms with Gasteiger partial charge in [-0.2, -0.15) is 32.1 Å². The second-order valence-corrected chi connectivity index (χ2v) is 17.4. The molecule has 0 unspecified atom stereocenters. The molecule has 0 bridgehead atoms. The topological polar surface area (TPSA) is 137 Å². The van der Waals surface area contributed by atoms with E-state index in [1.807, 2.05) is 41.9 Å². The van der Waals surface area contributed by atoms with E-state index in [0.717, 1.165) is 52.2 Å². The van der Waals surface area contributed by atoms with Crippen LogP contribution in [0, 0.1) is 12.3 Å². The van der Waals surface area contributed by atoms with Gasteiger partial charge >= 0.3 is 12.7 Å². The maximum Gasteiger partial charge on any atom is 0.435 e. The molecule has 5 aromatic heterocycles. The van der Waals surface area contributed by atoms with Gasteiger partial charge in [-0.25, -0.2) is 14.6 Å². The maximum absolute atomic E-state index is 14.5. The van der Waals surface area contributed by atoms with Gasteiger partial charge in [0.15, 0.2) is 5.69 Å². The lowest BCUT2D eigenvalue weighted by Crippen LogP contribution is -2.56. The predicted octanol–water partition coefficient (Wildman–Crippen LogP) is 7.24. The number of rotatable bonds is 12. The van der Waals surface area contributed by atoms with Crippen LogP contribution in [0.15, 0.2) is 78.4 Å². The molecular weight excluding hydrogens is 823 g/mol. The Balaban J connectivity index is 0.964. The molecule has 6 aromatic rings. The van der Waals surface area contributed by atoms with Gasteiger partial charge in [0.25, 0.3) is 5.56 Å². The number of alkyl halides is 5. The van der Waals surface area contributed by atoms with Crippen molar-refractivity contribution in [3.8, 4) is 22.4 Å². The fourth-order valence-electron chi connectivity index (χ4n) is 8.68. The van der Waals surface area contributed by atoms with Gasteiger partial charge in [0.2, 0.25) is 17.6 Å². The smallest absolute Gasteiger partial charge is 0.348 e. The molecule has 3 fully saturated rings. The molecule has 2 saturated carbocycles. The Morgan fingerprint density at radius 2 is 1.80 bits per heavy atom. The van der Waals surface area contributed by atoms with E-state index in [4.69, 9.17) is 11.6 Å². The van der Waals surface area contributed by atoms with Crippen LogP contribution in [-0.4, -0.2) is 73.3 Å². The highest BCUT2D eigenvalue weighted by molar-refractivity contribution is 6.31. The first kappa shape index (κ1) is 40.5. The van der Waals surface area contributed by atoms with Crippen molar-refractivity contribution in [1.82, 2.24) is 48.7 Å². The van der Waals surface area contributed by atoms with E-state index in [-0.39, 0.29) is 59.8 Å². The summed E-state index contributed by atoms with van der Waals surface area (Å²) in [6.45, 7) is 2.08. The fraction of sp³-hybridized carbons (Fsp3) is 0.405. The average Bonchev–Trinajstić information content (AvgIpc) is 3.93. The summed E-state index contributed by atoms with van der Waals surface area (Å²) in [5.41, 5.74) is 0.153. The minimum absolute atomic E-state index is 0.0276. The van der Waals surface area contributed by atoms with E-state index >= 15 is 0 Å². The van der Waals surface area contributed by atoms with Gasteiger partial charge in [-0.3, -0.25) is 23.5 Å². The average molecular weight is 863 g/mol. The number of fused-ring (bicyclic) bond motifs is 1. The number of aryl methyl sites for hydroxylation is 1. The number of hydrogen-bond acceptors (Lipinski definition) is 7. The third kappa shape index (κ3) is 7.70. The number of pyridine rings is 1. The number of likely N-dealkylation sites (tertiary alicyclic amines) is 1. The van der Waals surface area contributed by atoms with Gasteiger partial charge < -0.3 is 14.8 Å². The molecule has 6 heterocycles. The number of halogens is 6. The van der Waals surface area contributed by atoms with Crippen molar-refractivity contribution in [1.29, 1.82) is 0 Å². The first-order chi connectivity index (χ1) is 28.9. The molecule has 3 aliphatic rings. The number of nitrogens with one attached hydrogen (secondary N) is 1. The van der Waals surface area contributed by atoms with Crippen molar-refractivity contribution in [3.63, 3.8) is 0 Å². The zero-order chi connectivity index (χ0) is 43.2. The first-order valence-electron chi connectivity index (χ1n) is 19.8. The maximum atomic E-state index is 14.5. The molecule has 2 amide bonds. The summed E-state index contributed by atoms with van der Waals surface area (Å²) >= 11 is 6.89. The third-order valence-corrected chi connectivity index (χ3v) is 12.3. The standard InChI is InChI=1S/C42H40ClF5N10O3/c1-23-19-54-21-27(18-49-39(54)51-23)25-4-7-29(31(43)13-25)30-16-41(30)9-11-56(37(41)61)33(12-24-17-50-57(20-24)38(44)45)36(60)52-40(2,3)22-58-32(15-34(53-58)42(46,47)48)26-8-10-55(28-5-6-28)35(59)14-26/h4,7-8,10,13-15,17-21,28,30,33,38H,5-6,9,11-12,16,22H2,1-3H3,(H,52,60)/t30-,33-,41+/m1/s1. The third-order valence-electron chi connectivity index (χ3n) is 11.9. The molecule has 1 aliphatic heterocycles. The Kier molecular flexibility index (Phi) is 9.71. The highest BCUT2D eigenvalue weighted by atomic mass is 35.5. The van der Waals surface area contributed by atoms with Crippen LogP contribution in [0.25, 0.3) is 28.2 Å². The van der Waals surface area contributed by atoms with Gasteiger partial charge in [0.1, 0.15) is 6.04 Å². The van der Waals surface area contributed by atoms with Gasteiger partial charge in [-0.05, 0) is 81.3 Å². The van der Waals surface area contributed by atoms with Crippen LogP contribution in [-0.2, 0) is 28.7 Å². The molecular formula is C42H40ClF5N10O3. The van der Waals surface area contributed by atoms with Crippen LogP contribution in [0.1, 0.15) is 80.6 Å². The number of hydrogen-bond donors (Lipinski definition) is 1. The van der Waals surface area contributed by atoms with Gasteiger partial charge in [0, 0.05) is 78.1 Å². The summed E-state index contributed by atoms with van der Waals surface area (Å²) in [7, 11) is 0. The summed E-state index contributed by atoms with van der Waals surface area (Å²) in [4.78, 5) is 52.1. The Bertz CT molecular complexity index is 2770. The number of nitrogens with zero attached hydrogens (tertiary/aromatic N) is 9. The van der Waals surface area contributed by atoms with E-state index in [2.05, 4.69) is 25.5 Å². The largest absolute Gasteiger partial charge is 0.435 e. The van der Waals surface area contributed by atoms with Crippen molar-refractivity contribution in [2.24, 2.45) is 5.41 Å². The van der Waals surface area contributed by atoms with Crippen LogP contribution >= 0.6 is 11.6 Å². The number of carbonyl (C=O) groups excluding carboxylic acids is 2. The lowest BCUT2D eigenvalue weighted by Gasteiger charge is -2.33. The Morgan fingerprint density at radius 1 is 1.02 bits per heavy atom. The SMILES string of the molecule is Cc1cn2cc(-c3ccc([C@H]4C[C@@]45CCN([C@H](Cc4cnn(C(F)F)c4)C(=O)NC(C)(C)Cn4nc(C(F)(F)F)cc4-c4ccn(C6CC6)c(=O)c4)C5=O)c(Cl)c3)cnc2n1. The molecule has 1 saturated heterocycles. The molecule has 9 rings (SSSR count). The van der Waals surface area contributed by atoms with E-state index in [9.17, 15) is 36.3 Å². The minimum Gasteiger partial charge on any atom is -0.348 e. The Labute approximate surface area is 350 Å². The summed E-state index contributed by atoms with van der Waals surface area (Å²) in [6, 6.07) is 8.22. The summed E-state index contributed by atoms with van der Waals surface area (Å²) in [5.74, 6) is -0.595. The number of aromatic nitrogens is 8. The highest BCUT2D eigenvalue weighted by Gasteiger charge is 2.65. The van der Waals surface area contributed by atoms with Crippen LogP contribution in [0.2, 0.25) is 5.02 Å². The second kappa shape index (κ2) is 14.6. The van der Waals surface area contributed by atoms with E-state index in [1.54, 1.807) is 36.9 Å². The zero-order valence-corrected chi connectivity index (χ0v) is 34.0. The predicted molar refractivity (Wildman–Crippen MR) is 213 cm³/mol. The quantitative estimate of drug-likeness (QED) is 0.128. The molecule has 0 radical (unpaired) electrons. The van der Waals surface area contributed by atoms with Gasteiger partial charge in [-0.1, -0.05) is 23.7 Å². The Hall–Kier alpha value is -5.91. The summed E-state index contributed by atoms with van der Waals surface area (Å²) in [5, 5.41) is 10.9. The van der Waals surface area contributed by atoms with Crippen molar-refractivity contribution >= 4 is 29.2 Å². The lowest BCUT2D eigenvalue weighted by atomic mass is 9.96. The van der Waals surface area contributed by atoms with Crippen LogP contribution < -0.4 is 10.9 Å². The van der Waals surface area contributed by atoms with Gasteiger partial charge in [0.05, 0.1) is 35.1 Å². The molecule has 2 aliphatic carbocycles. The van der Waals surface area contributed by atoms with E-state index < -0.39 is 41.3 Å². The molecule has 318 valence electrons. The number of carbonyl (C=O) groups is 2. The van der Waals surface area contributed by atoms with Crippen molar-refractivity contribution in [2.45, 2.75) is 95.7 Å². The second-order valence-electron chi connectivity index (χ2n) is 17.0. The fourth-order valence-corrected chi connectivity index (χ4v) is 8.99. The van der Waals surface area contributed by atoms with Crippen LogP contribution in [0.5, 0.6) is 0 Å². The number of amides is 2. The molecule has 19 heteroatoms. The molecule has 61 heavy (non-hydrogen) atoms. The van der Waals surface area contributed by atoms with Crippen molar-refractivity contribution in [3.05, 3.63) is 111 Å². The van der Waals surface area contributed by atoms with Crippen molar-refractivity contribution < 1.29 is 31.5 Å².